The zero-order valence-electron chi connectivity index (χ0n) is 19.0. The summed E-state index contributed by atoms with van der Waals surface area (Å²) in [6.45, 7) is 1.73. The number of fused-ring (bicyclic) bond motifs is 1. The lowest BCUT2D eigenvalue weighted by Crippen LogP contribution is -2.40. The predicted octanol–water partition coefficient (Wildman–Crippen LogP) is 4.71. The highest BCUT2D eigenvalue weighted by atomic mass is 35.5. The van der Waals surface area contributed by atoms with E-state index in [-0.39, 0.29) is 24.1 Å². The molecule has 3 amide bonds. The molecule has 9 nitrogen and oxygen atoms in total. The van der Waals surface area contributed by atoms with Crippen LogP contribution in [-0.2, 0) is 11.4 Å². The number of halogens is 2. The number of nitrogens with zero attached hydrogens (tertiary/aromatic N) is 4. The van der Waals surface area contributed by atoms with Gasteiger partial charge in [0.1, 0.15) is 6.61 Å². The Morgan fingerprint density at radius 1 is 1.17 bits per heavy atom. The second kappa shape index (κ2) is 10.6. The van der Waals surface area contributed by atoms with Crippen LogP contribution in [0.5, 0.6) is 5.75 Å². The second-order valence-corrected chi connectivity index (χ2v) is 8.42. The highest BCUT2D eigenvalue weighted by molar-refractivity contribution is 6.38. The number of amides is 3. The van der Waals surface area contributed by atoms with Crippen LogP contribution in [0.3, 0.4) is 0 Å². The van der Waals surface area contributed by atoms with E-state index in [1.165, 1.54) is 11.1 Å². The number of carbonyl (C=O) groups excluding carboxylic acids is 2. The summed E-state index contributed by atoms with van der Waals surface area (Å²) in [5.74, 6) is 0.200. The molecule has 0 saturated carbocycles. The fraction of sp³-hybridized carbons (Fsp3) is 0.167. The Bertz CT molecular complexity index is 1380. The summed E-state index contributed by atoms with van der Waals surface area (Å²) in [6, 6.07) is 9.80. The standard InChI is InChI=1S/C24H22Cl2N6O3/c1-15-13-32-10-4-6-20(23(32)29-15)35-14-17-18(25)7-8-19(22(17)26)31(2)21(33)12-28-24(34)30-16-5-3-9-27-11-16/h3-11,13H,12,14H2,1-2H3,(H2,28,30,34). The number of benzene rings is 1. The van der Waals surface area contributed by atoms with E-state index in [1.807, 2.05) is 35.9 Å². The zero-order chi connectivity index (χ0) is 24.9. The maximum absolute atomic E-state index is 12.7. The number of hydrogen-bond acceptors (Lipinski definition) is 5. The fourth-order valence-corrected chi connectivity index (χ4v) is 3.98. The van der Waals surface area contributed by atoms with Gasteiger partial charge in [-0.15, -0.1) is 0 Å². The minimum absolute atomic E-state index is 0.0743. The van der Waals surface area contributed by atoms with E-state index in [0.717, 1.165) is 5.69 Å². The summed E-state index contributed by atoms with van der Waals surface area (Å²) in [4.78, 5) is 34.5. The quantitative estimate of drug-likeness (QED) is 0.373. The first-order valence-electron chi connectivity index (χ1n) is 10.6. The van der Waals surface area contributed by atoms with E-state index in [2.05, 4.69) is 20.6 Å². The number of rotatable bonds is 7. The first-order valence-corrected chi connectivity index (χ1v) is 11.3. The molecule has 180 valence electrons. The maximum atomic E-state index is 12.7. The van der Waals surface area contributed by atoms with Crippen molar-refractivity contribution in [3.05, 3.63) is 82.5 Å². The Morgan fingerprint density at radius 2 is 2.00 bits per heavy atom. The van der Waals surface area contributed by atoms with E-state index >= 15 is 0 Å². The lowest BCUT2D eigenvalue weighted by atomic mass is 10.2. The Morgan fingerprint density at radius 3 is 2.77 bits per heavy atom. The molecule has 11 heteroatoms. The summed E-state index contributed by atoms with van der Waals surface area (Å²) in [7, 11) is 1.57. The first kappa shape index (κ1) is 24.3. The van der Waals surface area contributed by atoms with Gasteiger partial charge in [0.05, 0.1) is 34.8 Å². The van der Waals surface area contributed by atoms with Crippen molar-refractivity contribution >= 4 is 52.2 Å². The number of urea groups is 1. The van der Waals surface area contributed by atoms with Crippen molar-refractivity contribution in [2.45, 2.75) is 13.5 Å². The molecule has 0 radical (unpaired) electrons. The lowest BCUT2D eigenvalue weighted by Gasteiger charge is -2.21. The predicted molar refractivity (Wildman–Crippen MR) is 135 cm³/mol. The number of nitrogens with one attached hydrogen (secondary N) is 2. The van der Waals surface area contributed by atoms with Crippen molar-refractivity contribution in [1.82, 2.24) is 19.7 Å². The number of ether oxygens (including phenoxy) is 1. The van der Waals surface area contributed by atoms with Crippen LogP contribution >= 0.6 is 23.2 Å². The van der Waals surface area contributed by atoms with Gasteiger partial charge in [-0.25, -0.2) is 9.78 Å². The second-order valence-electron chi connectivity index (χ2n) is 7.64. The highest BCUT2D eigenvalue weighted by Crippen LogP contribution is 2.35. The summed E-state index contributed by atoms with van der Waals surface area (Å²) in [5, 5.41) is 5.80. The molecule has 4 aromatic rings. The monoisotopic (exact) mass is 512 g/mol. The van der Waals surface area contributed by atoms with Crippen LogP contribution < -0.4 is 20.3 Å². The van der Waals surface area contributed by atoms with Gasteiger partial charge in [-0.05, 0) is 43.3 Å². The molecule has 35 heavy (non-hydrogen) atoms. The van der Waals surface area contributed by atoms with Gasteiger partial charge in [-0.3, -0.25) is 9.78 Å². The van der Waals surface area contributed by atoms with Gasteiger partial charge in [0.2, 0.25) is 5.91 Å². The smallest absolute Gasteiger partial charge is 0.319 e. The maximum Gasteiger partial charge on any atom is 0.319 e. The van der Waals surface area contributed by atoms with Crippen LogP contribution in [0.25, 0.3) is 5.65 Å². The largest absolute Gasteiger partial charge is 0.485 e. The van der Waals surface area contributed by atoms with Crippen LogP contribution in [0, 0.1) is 6.92 Å². The molecular weight excluding hydrogens is 491 g/mol. The number of pyridine rings is 2. The molecule has 0 aliphatic carbocycles. The van der Waals surface area contributed by atoms with Crippen molar-refractivity contribution in [2.75, 3.05) is 23.8 Å². The molecule has 2 N–H and O–H groups in total. The summed E-state index contributed by atoms with van der Waals surface area (Å²) in [5.41, 5.74) is 3.01. The third-order valence-corrected chi connectivity index (χ3v) is 5.94. The number of anilines is 2. The molecule has 0 aliphatic rings. The summed E-state index contributed by atoms with van der Waals surface area (Å²) >= 11 is 13.0. The molecule has 4 rings (SSSR count). The van der Waals surface area contributed by atoms with E-state index in [0.29, 0.717) is 33.4 Å². The van der Waals surface area contributed by atoms with Gasteiger partial charge >= 0.3 is 6.03 Å². The van der Waals surface area contributed by atoms with Gasteiger partial charge in [0.15, 0.2) is 11.4 Å². The molecule has 0 saturated heterocycles. The molecule has 1 aromatic carbocycles. The van der Waals surface area contributed by atoms with E-state index in [9.17, 15) is 9.59 Å². The minimum Gasteiger partial charge on any atom is -0.485 e. The van der Waals surface area contributed by atoms with E-state index in [1.54, 1.807) is 37.5 Å². The lowest BCUT2D eigenvalue weighted by molar-refractivity contribution is -0.117. The first-order chi connectivity index (χ1) is 16.8. The Balaban J connectivity index is 1.43. The van der Waals surface area contributed by atoms with Gasteiger partial charge in [-0.2, -0.15) is 0 Å². The summed E-state index contributed by atoms with van der Waals surface area (Å²) < 4.78 is 7.85. The number of imidazole rings is 1. The summed E-state index contributed by atoms with van der Waals surface area (Å²) in [6.07, 6.45) is 6.87. The Kier molecular flexibility index (Phi) is 7.38. The molecule has 0 fully saturated rings. The van der Waals surface area contributed by atoms with E-state index in [4.69, 9.17) is 27.9 Å². The number of aromatic nitrogens is 3. The molecule has 0 spiro atoms. The SMILES string of the molecule is Cc1cn2cccc(OCc3c(Cl)ccc(N(C)C(=O)CNC(=O)Nc4cccnc4)c3Cl)c2n1. The van der Waals surface area contributed by atoms with Crippen LogP contribution in [0.4, 0.5) is 16.2 Å². The average molecular weight is 513 g/mol. The zero-order valence-corrected chi connectivity index (χ0v) is 20.5. The molecule has 0 aliphatic heterocycles. The van der Waals surface area contributed by atoms with Crippen molar-refractivity contribution in [2.24, 2.45) is 0 Å². The number of carbonyl (C=O) groups is 2. The van der Waals surface area contributed by atoms with Crippen LogP contribution in [0.1, 0.15) is 11.3 Å². The molecule has 3 aromatic heterocycles. The van der Waals surface area contributed by atoms with Crippen molar-refractivity contribution in [3.63, 3.8) is 0 Å². The Hall–Kier alpha value is -3.82. The van der Waals surface area contributed by atoms with E-state index < -0.39 is 6.03 Å². The van der Waals surface area contributed by atoms with Crippen LogP contribution in [0.15, 0.2) is 61.2 Å². The third kappa shape index (κ3) is 5.64. The normalized spacial score (nSPS) is 10.7. The van der Waals surface area contributed by atoms with Crippen molar-refractivity contribution < 1.29 is 14.3 Å². The molecule has 0 bridgehead atoms. The third-order valence-electron chi connectivity index (χ3n) is 5.16. The molecule has 3 heterocycles. The van der Waals surface area contributed by atoms with Gasteiger partial charge in [-0.1, -0.05) is 23.2 Å². The van der Waals surface area contributed by atoms with Gasteiger partial charge in [0.25, 0.3) is 0 Å². The fourth-order valence-electron chi connectivity index (χ4n) is 3.37. The van der Waals surface area contributed by atoms with Crippen LogP contribution in [0.2, 0.25) is 10.0 Å². The van der Waals surface area contributed by atoms with Crippen LogP contribution in [-0.4, -0.2) is 39.9 Å². The highest BCUT2D eigenvalue weighted by Gasteiger charge is 2.19. The topological polar surface area (TPSA) is 101 Å². The van der Waals surface area contributed by atoms with Gasteiger partial charge in [0, 0.05) is 36.2 Å². The average Bonchev–Trinajstić information content (AvgIpc) is 3.23. The molecular formula is C24H22Cl2N6O3. The number of aryl methyl sites for hydroxylation is 1. The van der Waals surface area contributed by atoms with Crippen molar-refractivity contribution in [1.29, 1.82) is 0 Å². The van der Waals surface area contributed by atoms with Crippen molar-refractivity contribution in [3.8, 4) is 5.75 Å². The Labute approximate surface area is 211 Å². The minimum atomic E-state index is -0.528. The molecule has 0 atom stereocenters. The van der Waals surface area contributed by atoms with Gasteiger partial charge < -0.3 is 24.7 Å². The number of hydrogen-bond donors (Lipinski definition) is 2. The molecule has 0 unspecified atom stereocenters. The number of likely N-dealkylation sites (N-methyl/N-ethyl adjacent to an activating group) is 1.